The van der Waals surface area contributed by atoms with Crippen LogP contribution in [0.15, 0.2) is 6.33 Å². The molecule has 1 aliphatic rings. The average molecular weight is 411 g/mol. The number of nitrogens with one attached hydrogen (secondary N) is 2. The van der Waals surface area contributed by atoms with E-state index in [4.69, 9.17) is 9.47 Å². The van der Waals surface area contributed by atoms with Crippen LogP contribution in [-0.2, 0) is 9.47 Å². The van der Waals surface area contributed by atoms with Crippen LogP contribution in [0.2, 0.25) is 0 Å². The fraction of sp³-hybridized carbons (Fsp3) is 0.789. The smallest absolute Gasteiger partial charge is 0.353 e. The highest BCUT2D eigenvalue weighted by Gasteiger charge is 2.39. The molecule has 10 heteroatoms. The van der Waals surface area contributed by atoms with Crippen LogP contribution < -0.4 is 15.5 Å². The maximum Gasteiger partial charge on any atom is 0.353 e. The van der Waals surface area contributed by atoms with Gasteiger partial charge in [0.15, 0.2) is 0 Å². The van der Waals surface area contributed by atoms with E-state index < -0.39 is 4.92 Å². The highest BCUT2D eigenvalue weighted by Crippen LogP contribution is 2.35. The summed E-state index contributed by atoms with van der Waals surface area (Å²) in [5.41, 5.74) is -0.297. The van der Waals surface area contributed by atoms with Crippen molar-refractivity contribution in [2.24, 2.45) is 0 Å². The van der Waals surface area contributed by atoms with Gasteiger partial charge in [-0.2, -0.15) is 0 Å². The van der Waals surface area contributed by atoms with E-state index in [9.17, 15) is 10.1 Å². The van der Waals surface area contributed by atoms with Gasteiger partial charge in [0, 0.05) is 44.4 Å². The Morgan fingerprint density at radius 1 is 1.17 bits per heavy atom. The van der Waals surface area contributed by atoms with Crippen LogP contribution >= 0.6 is 0 Å². The fourth-order valence-electron chi connectivity index (χ4n) is 4.22. The predicted molar refractivity (Wildman–Crippen MR) is 113 cm³/mol. The molecule has 0 radical (unpaired) electrons. The molecule has 0 saturated carbocycles. The molecule has 29 heavy (non-hydrogen) atoms. The lowest BCUT2D eigenvalue weighted by Crippen LogP contribution is -2.60. The zero-order chi connectivity index (χ0) is 21.7. The highest BCUT2D eigenvalue weighted by atomic mass is 16.6. The minimum absolute atomic E-state index is 0.0501. The lowest BCUT2D eigenvalue weighted by Gasteiger charge is -2.46. The van der Waals surface area contributed by atoms with Crippen LogP contribution in [0, 0.1) is 10.1 Å². The molecular formula is C19H34N6O4. The average Bonchev–Trinajstić information content (AvgIpc) is 2.58. The molecule has 1 saturated heterocycles. The van der Waals surface area contributed by atoms with Gasteiger partial charge in [-0.25, -0.2) is 9.97 Å². The zero-order valence-corrected chi connectivity index (χ0v) is 18.3. The summed E-state index contributed by atoms with van der Waals surface area (Å²) < 4.78 is 10.3. The van der Waals surface area contributed by atoms with E-state index in [1.54, 1.807) is 19.1 Å². The maximum absolute atomic E-state index is 12.0. The van der Waals surface area contributed by atoms with Crippen LogP contribution in [0.25, 0.3) is 0 Å². The molecule has 10 nitrogen and oxygen atoms in total. The van der Waals surface area contributed by atoms with Crippen LogP contribution in [-0.4, -0.2) is 72.5 Å². The van der Waals surface area contributed by atoms with Gasteiger partial charge in [-0.15, -0.1) is 0 Å². The summed E-state index contributed by atoms with van der Waals surface area (Å²) in [5, 5.41) is 18.9. The van der Waals surface area contributed by atoms with Crippen molar-refractivity contribution in [1.82, 2.24) is 15.3 Å². The quantitative estimate of drug-likeness (QED) is 0.442. The summed E-state index contributed by atoms with van der Waals surface area (Å²) in [6, 6.07) is 0.0501. The van der Waals surface area contributed by atoms with E-state index in [0.29, 0.717) is 26.3 Å². The molecule has 1 aromatic rings. The van der Waals surface area contributed by atoms with Crippen molar-refractivity contribution in [2.45, 2.75) is 57.7 Å². The van der Waals surface area contributed by atoms with Crippen molar-refractivity contribution in [3.63, 3.8) is 0 Å². The molecule has 2 N–H and O–H groups in total. The molecule has 1 aliphatic heterocycles. The number of nitro groups is 1. The lowest BCUT2D eigenvalue weighted by molar-refractivity contribution is -0.383. The Labute approximate surface area is 172 Å². The number of hydrogen-bond acceptors (Lipinski definition) is 9. The van der Waals surface area contributed by atoms with Crippen LogP contribution in [0.5, 0.6) is 0 Å². The molecule has 2 heterocycles. The van der Waals surface area contributed by atoms with Gasteiger partial charge in [0.2, 0.25) is 11.6 Å². The van der Waals surface area contributed by atoms with Crippen molar-refractivity contribution < 1.29 is 14.4 Å². The van der Waals surface area contributed by atoms with Gasteiger partial charge < -0.3 is 25.0 Å². The largest absolute Gasteiger partial charge is 0.383 e. The number of piperidine rings is 1. The first kappa shape index (κ1) is 23.2. The SMILES string of the molecule is COCCN(CCOC)c1ncnc(NC2CC(C)(C)NC(C)(C)C2)c1[N+](=O)[O-]. The molecule has 164 valence electrons. The second kappa shape index (κ2) is 9.64. The Kier molecular flexibility index (Phi) is 7.73. The first-order valence-corrected chi connectivity index (χ1v) is 9.86. The van der Waals surface area contributed by atoms with Gasteiger partial charge in [-0.1, -0.05) is 0 Å². The van der Waals surface area contributed by atoms with Crippen molar-refractivity contribution in [2.75, 3.05) is 50.7 Å². The monoisotopic (exact) mass is 410 g/mol. The van der Waals surface area contributed by atoms with E-state index >= 15 is 0 Å². The molecule has 0 amide bonds. The maximum atomic E-state index is 12.0. The van der Waals surface area contributed by atoms with Gasteiger partial charge in [0.25, 0.3) is 0 Å². The van der Waals surface area contributed by atoms with Gasteiger partial charge >= 0.3 is 5.69 Å². The first-order valence-electron chi connectivity index (χ1n) is 9.86. The van der Waals surface area contributed by atoms with Crippen LogP contribution in [0.1, 0.15) is 40.5 Å². The van der Waals surface area contributed by atoms with Crippen molar-refractivity contribution in [3.05, 3.63) is 16.4 Å². The van der Waals surface area contributed by atoms with Crippen molar-refractivity contribution in [3.8, 4) is 0 Å². The second-order valence-corrected chi connectivity index (χ2v) is 8.77. The van der Waals surface area contributed by atoms with E-state index in [2.05, 4.69) is 48.3 Å². The summed E-state index contributed by atoms with van der Waals surface area (Å²) >= 11 is 0. The topological polar surface area (TPSA) is 115 Å². The normalized spacial score (nSPS) is 18.4. The number of hydrogen-bond donors (Lipinski definition) is 2. The van der Waals surface area contributed by atoms with Crippen molar-refractivity contribution in [1.29, 1.82) is 0 Å². The van der Waals surface area contributed by atoms with Gasteiger partial charge in [0.05, 0.1) is 18.1 Å². The van der Waals surface area contributed by atoms with Gasteiger partial charge in [-0.3, -0.25) is 10.1 Å². The Morgan fingerprint density at radius 3 is 2.21 bits per heavy atom. The van der Waals surface area contributed by atoms with E-state index in [1.807, 2.05) is 0 Å². The first-order chi connectivity index (χ1) is 13.6. The molecule has 0 aromatic carbocycles. The number of nitrogens with zero attached hydrogens (tertiary/aromatic N) is 4. The van der Waals surface area contributed by atoms with E-state index in [0.717, 1.165) is 12.8 Å². The molecule has 0 unspecified atom stereocenters. The summed E-state index contributed by atoms with van der Waals surface area (Å²) in [6.45, 7) is 10.3. The summed E-state index contributed by atoms with van der Waals surface area (Å²) in [7, 11) is 3.19. The third-order valence-electron chi connectivity index (χ3n) is 4.95. The van der Waals surface area contributed by atoms with E-state index in [-0.39, 0.29) is 34.4 Å². The molecule has 0 spiro atoms. The summed E-state index contributed by atoms with van der Waals surface area (Å²) in [4.78, 5) is 21.8. The Balaban J connectivity index is 2.35. The number of methoxy groups -OCH3 is 2. The fourth-order valence-corrected chi connectivity index (χ4v) is 4.22. The minimum atomic E-state index is -0.415. The molecule has 1 aromatic heterocycles. The molecular weight excluding hydrogens is 376 g/mol. The third kappa shape index (κ3) is 6.48. The highest BCUT2D eigenvalue weighted by molar-refractivity contribution is 5.70. The second-order valence-electron chi connectivity index (χ2n) is 8.77. The molecule has 0 bridgehead atoms. The standard InChI is InChI=1S/C19H34N6O4/c1-18(2)11-14(12-19(3,4)23-18)22-16-15(25(26)27)17(21-13-20-16)24(7-9-28-5)8-10-29-6/h13-14,23H,7-12H2,1-6H3,(H,20,21,22). The number of ether oxygens (including phenoxy) is 2. The third-order valence-corrected chi connectivity index (χ3v) is 4.95. The predicted octanol–water partition coefficient (Wildman–Crippen LogP) is 2.21. The summed E-state index contributed by atoms with van der Waals surface area (Å²) in [5.74, 6) is 0.521. The Bertz CT molecular complexity index is 673. The number of anilines is 2. The molecule has 0 aliphatic carbocycles. The Hall–Kier alpha value is -2.04. The Morgan fingerprint density at radius 2 is 1.72 bits per heavy atom. The molecule has 2 rings (SSSR count). The van der Waals surface area contributed by atoms with Crippen LogP contribution in [0.4, 0.5) is 17.3 Å². The summed E-state index contributed by atoms with van der Waals surface area (Å²) in [6.07, 6.45) is 3.02. The molecule has 1 fully saturated rings. The van der Waals surface area contributed by atoms with Gasteiger partial charge in [0.1, 0.15) is 6.33 Å². The zero-order valence-electron chi connectivity index (χ0n) is 18.3. The lowest BCUT2D eigenvalue weighted by atomic mass is 9.79. The van der Waals surface area contributed by atoms with Crippen molar-refractivity contribution >= 4 is 17.3 Å². The minimum Gasteiger partial charge on any atom is -0.383 e. The number of rotatable bonds is 10. The molecule has 0 atom stereocenters. The number of aromatic nitrogens is 2. The van der Waals surface area contributed by atoms with Crippen LogP contribution in [0.3, 0.4) is 0 Å². The van der Waals surface area contributed by atoms with E-state index in [1.165, 1.54) is 6.33 Å². The van der Waals surface area contributed by atoms with Gasteiger partial charge in [-0.05, 0) is 40.5 Å².